The fourth-order valence-electron chi connectivity index (χ4n) is 4.61. The summed E-state index contributed by atoms with van der Waals surface area (Å²) in [6.45, 7) is 10.8. The zero-order valence-corrected chi connectivity index (χ0v) is 18.0. The molecular weight excluding hydrogens is 385 g/mol. The van der Waals surface area contributed by atoms with E-state index in [4.69, 9.17) is 0 Å². The van der Waals surface area contributed by atoms with Crippen molar-refractivity contribution in [3.8, 4) is 0 Å². The summed E-state index contributed by atoms with van der Waals surface area (Å²) >= 11 is 0. The van der Waals surface area contributed by atoms with E-state index in [0.717, 1.165) is 57.7 Å². The van der Waals surface area contributed by atoms with Gasteiger partial charge in [0.2, 0.25) is 0 Å². The van der Waals surface area contributed by atoms with Crippen molar-refractivity contribution in [1.82, 2.24) is 9.80 Å². The summed E-state index contributed by atoms with van der Waals surface area (Å²) in [6, 6.07) is 16.0. The van der Waals surface area contributed by atoms with E-state index >= 15 is 0 Å². The summed E-state index contributed by atoms with van der Waals surface area (Å²) in [5.41, 5.74) is 1.60. The van der Waals surface area contributed by atoms with E-state index in [2.05, 4.69) is 35.8 Å². The van der Waals surface area contributed by atoms with Crippen molar-refractivity contribution < 1.29 is 13.2 Å². The van der Waals surface area contributed by atoms with E-state index in [0.29, 0.717) is 5.92 Å². The second kappa shape index (κ2) is 10.5. The molecule has 1 aliphatic heterocycles. The second-order valence-electron chi connectivity index (χ2n) is 8.21. The predicted molar refractivity (Wildman–Crippen MR) is 117 cm³/mol. The molecule has 5 heteroatoms. The summed E-state index contributed by atoms with van der Waals surface area (Å²) in [5, 5.41) is 0. The molecule has 0 spiro atoms. The van der Waals surface area contributed by atoms with Gasteiger partial charge in [-0.3, -0.25) is 0 Å². The largest absolute Gasteiger partial charge is 0.416 e. The van der Waals surface area contributed by atoms with E-state index in [1.807, 2.05) is 18.2 Å². The van der Waals surface area contributed by atoms with Crippen LogP contribution in [0.25, 0.3) is 0 Å². The first kappa shape index (κ1) is 22.8. The third-order valence-electron chi connectivity index (χ3n) is 6.49. The molecule has 0 saturated carbocycles. The summed E-state index contributed by atoms with van der Waals surface area (Å²) in [7, 11) is 0. The molecule has 1 saturated heterocycles. The molecule has 0 aliphatic carbocycles. The molecule has 2 aromatic rings. The number of halogens is 3. The highest BCUT2D eigenvalue weighted by Crippen LogP contribution is 2.39. The van der Waals surface area contributed by atoms with Crippen LogP contribution in [0.2, 0.25) is 0 Å². The standard InChI is InChI=1S/C25H33F3N2/c1-3-29(4-2)18-19-30-16-14-22(15-17-30)24(20-8-6-5-7-9-20)21-10-12-23(13-11-21)25(26,27)28/h5-13,22,24H,3-4,14-19H2,1-2H3. The van der Waals surface area contributed by atoms with Crippen molar-refractivity contribution in [2.45, 2.75) is 38.8 Å². The lowest BCUT2D eigenvalue weighted by Crippen LogP contribution is -2.40. The fourth-order valence-corrected chi connectivity index (χ4v) is 4.61. The minimum atomic E-state index is -4.29. The van der Waals surface area contributed by atoms with Crippen molar-refractivity contribution >= 4 is 0 Å². The first-order chi connectivity index (χ1) is 14.4. The third-order valence-corrected chi connectivity index (χ3v) is 6.49. The summed E-state index contributed by atoms with van der Waals surface area (Å²) in [6.07, 6.45) is -2.16. The Balaban J connectivity index is 1.72. The van der Waals surface area contributed by atoms with Gasteiger partial charge in [0.1, 0.15) is 0 Å². The van der Waals surface area contributed by atoms with Crippen LogP contribution in [0.15, 0.2) is 54.6 Å². The number of alkyl halides is 3. The Morgan fingerprint density at radius 2 is 1.47 bits per heavy atom. The van der Waals surface area contributed by atoms with Gasteiger partial charge in [-0.25, -0.2) is 0 Å². The fraction of sp³-hybridized carbons (Fsp3) is 0.520. The monoisotopic (exact) mass is 418 g/mol. The maximum Gasteiger partial charge on any atom is 0.416 e. The van der Waals surface area contributed by atoms with Gasteiger partial charge in [0, 0.05) is 19.0 Å². The molecule has 164 valence electrons. The number of rotatable bonds is 8. The Hall–Kier alpha value is -1.85. The van der Waals surface area contributed by atoms with Gasteiger partial charge in [0.25, 0.3) is 0 Å². The average Bonchev–Trinajstić information content (AvgIpc) is 2.76. The van der Waals surface area contributed by atoms with E-state index < -0.39 is 11.7 Å². The van der Waals surface area contributed by atoms with E-state index in [1.165, 1.54) is 17.7 Å². The van der Waals surface area contributed by atoms with Gasteiger partial charge >= 0.3 is 6.18 Å². The molecule has 3 rings (SSSR count). The van der Waals surface area contributed by atoms with Crippen LogP contribution in [-0.4, -0.2) is 49.1 Å². The van der Waals surface area contributed by atoms with E-state index in [-0.39, 0.29) is 5.92 Å². The molecule has 1 aliphatic rings. The minimum Gasteiger partial charge on any atom is -0.303 e. The molecule has 2 aromatic carbocycles. The number of piperidine rings is 1. The van der Waals surface area contributed by atoms with Crippen LogP contribution in [0.5, 0.6) is 0 Å². The highest BCUT2D eigenvalue weighted by atomic mass is 19.4. The van der Waals surface area contributed by atoms with Gasteiger partial charge < -0.3 is 9.80 Å². The number of likely N-dealkylation sites (N-methyl/N-ethyl adjacent to an activating group) is 1. The second-order valence-corrected chi connectivity index (χ2v) is 8.21. The maximum absolute atomic E-state index is 13.0. The molecule has 0 aromatic heterocycles. The van der Waals surface area contributed by atoms with Gasteiger partial charge in [-0.15, -0.1) is 0 Å². The van der Waals surface area contributed by atoms with Gasteiger partial charge in [0.05, 0.1) is 5.56 Å². The Kier molecular flexibility index (Phi) is 7.95. The Morgan fingerprint density at radius 3 is 2.00 bits per heavy atom. The zero-order valence-electron chi connectivity index (χ0n) is 18.0. The zero-order chi connectivity index (χ0) is 21.6. The summed E-state index contributed by atoms with van der Waals surface area (Å²) in [5.74, 6) is 0.576. The van der Waals surface area contributed by atoms with Crippen molar-refractivity contribution in [3.05, 3.63) is 71.3 Å². The number of hydrogen-bond acceptors (Lipinski definition) is 2. The van der Waals surface area contributed by atoms with Crippen molar-refractivity contribution in [2.75, 3.05) is 39.3 Å². The molecule has 1 fully saturated rings. The summed E-state index contributed by atoms with van der Waals surface area (Å²) < 4.78 is 39.0. The topological polar surface area (TPSA) is 6.48 Å². The first-order valence-electron chi connectivity index (χ1n) is 11.1. The lowest BCUT2D eigenvalue weighted by atomic mass is 9.76. The normalized spacial score (nSPS) is 17.4. The molecule has 30 heavy (non-hydrogen) atoms. The molecule has 1 atom stereocenters. The van der Waals surface area contributed by atoms with Gasteiger partial charge in [-0.05, 0) is 68.2 Å². The Labute approximate surface area is 178 Å². The van der Waals surface area contributed by atoms with Crippen LogP contribution in [-0.2, 0) is 6.18 Å². The van der Waals surface area contributed by atoms with Crippen LogP contribution < -0.4 is 0 Å². The first-order valence-corrected chi connectivity index (χ1v) is 11.1. The van der Waals surface area contributed by atoms with Crippen molar-refractivity contribution in [2.24, 2.45) is 5.92 Å². The Morgan fingerprint density at radius 1 is 0.900 bits per heavy atom. The van der Waals surface area contributed by atoms with E-state index in [1.54, 1.807) is 12.1 Å². The predicted octanol–water partition coefficient (Wildman–Crippen LogP) is 5.89. The summed E-state index contributed by atoms with van der Waals surface area (Å²) in [4.78, 5) is 4.98. The molecule has 0 radical (unpaired) electrons. The SMILES string of the molecule is CCN(CC)CCN1CCC(C(c2ccccc2)c2ccc(C(F)(F)F)cc2)CC1. The lowest BCUT2D eigenvalue weighted by molar-refractivity contribution is -0.137. The maximum atomic E-state index is 13.0. The van der Waals surface area contributed by atoms with Gasteiger partial charge in [-0.1, -0.05) is 56.3 Å². The number of nitrogens with zero attached hydrogens (tertiary/aromatic N) is 2. The molecule has 2 nitrogen and oxygen atoms in total. The highest BCUT2D eigenvalue weighted by Gasteiger charge is 2.32. The highest BCUT2D eigenvalue weighted by molar-refractivity contribution is 5.35. The molecular formula is C25H33F3N2. The minimum absolute atomic E-state index is 0.137. The quantitative estimate of drug-likeness (QED) is 0.527. The molecule has 0 amide bonds. The van der Waals surface area contributed by atoms with Crippen LogP contribution in [0.3, 0.4) is 0 Å². The molecule has 1 heterocycles. The average molecular weight is 419 g/mol. The van der Waals surface area contributed by atoms with E-state index in [9.17, 15) is 13.2 Å². The number of likely N-dealkylation sites (tertiary alicyclic amines) is 1. The van der Waals surface area contributed by atoms with Crippen LogP contribution in [0.4, 0.5) is 13.2 Å². The molecule has 1 unspecified atom stereocenters. The van der Waals surface area contributed by atoms with Crippen molar-refractivity contribution in [3.63, 3.8) is 0 Å². The smallest absolute Gasteiger partial charge is 0.303 e. The molecule has 0 N–H and O–H groups in total. The number of benzene rings is 2. The number of hydrogen-bond donors (Lipinski definition) is 0. The third kappa shape index (κ3) is 5.86. The molecule has 0 bridgehead atoms. The van der Waals surface area contributed by atoms with Crippen LogP contribution in [0.1, 0.15) is 49.3 Å². The van der Waals surface area contributed by atoms with Gasteiger partial charge in [-0.2, -0.15) is 13.2 Å². The lowest BCUT2D eigenvalue weighted by Gasteiger charge is -2.37. The van der Waals surface area contributed by atoms with Gasteiger partial charge in [0.15, 0.2) is 0 Å². The van der Waals surface area contributed by atoms with Crippen LogP contribution >= 0.6 is 0 Å². The van der Waals surface area contributed by atoms with Crippen LogP contribution in [0, 0.1) is 5.92 Å². The Bertz CT molecular complexity index is 746. The van der Waals surface area contributed by atoms with Crippen molar-refractivity contribution in [1.29, 1.82) is 0 Å².